The van der Waals surface area contributed by atoms with Crippen LogP contribution in [0.15, 0.2) is 0 Å². The molecule has 1 unspecified atom stereocenters. The SMILES string of the molecule is CC1(C)C(CS(=O)(=O)N2CC(CO)C2)C1(F)F. The molecule has 100 valence electrons. The zero-order valence-corrected chi connectivity index (χ0v) is 10.7. The lowest BCUT2D eigenvalue weighted by atomic mass is 10.1. The molecule has 1 aliphatic carbocycles. The fraction of sp³-hybridized carbons (Fsp3) is 1.00. The number of sulfonamides is 1. The minimum absolute atomic E-state index is 0.0440. The molecule has 2 rings (SSSR count). The molecule has 4 nitrogen and oxygen atoms in total. The average molecular weight is 269 g/mol. The number of nitrogens with zero attached hydrogens (tertiary/aromatic N) is 1. The van der Waals surface area contributed by atoms with E-state index >= 15 is 0 Å². The van der Waals surface area contributed by atoms with Crippen LogP contribution in [0, 0.1) is 17.3 Å². The van der Waals surface area contributed by atoms with Gasteiger partial charge in [-0.1, -0.05) is 13.8 Å². The molecule has 0 radical (unpaired) electrons. The van der Waals surface area contributed by atoms with Gasteiger partial charge in [0.15, 0.2) is 0 Å². The first-order valence-corrected chi connectivity index (χ1v) is 7.20. The van der Waals surface area contributed by atoms with E-state index in [1.165, 1.54) is 18.2 Å². The number of alkyl halides is 2. The third kappa shape index (κ3) is 1.88. The van der Waals surface area contributed by atoms with Gasteiger partial charge in [0.25, 0.3) is 5.92 Å². The molecule has 0 aromatic rings. The summed E-state index contributed by atoms with van der Waals surface area (Å²) in [5.74, 6) is -4.52. The zero-order valence-electron chi connectivity index (χ0n) is 9.86. The van der Waals surface area contributed by atoms with Crippen molar-refractivity contribution in [1.82, 2.24) is 4.31 Å². The fourth-order valence-electron chi connectivity index (χ4n) is 2.25. The maximum Gasteiger partial charge on any atom is 0.258 e. The molecular weight excluding hydrogens is 252 g/mol. The number of hydrogen-bond acceptors (Lipinski definition) is 3. The standard InChI is InChI=1S/C10H17F2NO3S/c1-9(2)8(10(9,11)12)6-17(15,16)13-3-7(4-13)5-14/h7-8,14H,3-6H2,1-2H3. The van der Waals surface area contributed by atoms with Crippen LogP contribution in [0.5, 0.6) is 0 Å². The van der Waals surface area contributed by atoms with Crippen molar-refractivity contribution in [1.29, 1.82) is 0 Å². The van der Waals surface area contributed by atoms with Crippen molar-refractivity contribution >= 4 is 10.0 Å². The highest BCUT2D eigenvalue weighted by molar-refractivity contribution is 7.89. The largest absolute Gasteiger partial charge is 0.396 e. The van der Waals surface area contributed by atoms with Gasteiger partial charge in [-0.15, -0.1) is 0 Å². The topological polar surface area (TPSA) is 57.6 Å². The Bertz CT molecular complexity index is 401. The highest BCUT2D eigenvalue weighted by atomic mass is 32.2. The molecular formula is C10H17F2NO3S. The quantitative estimate of drug-likeness (QED) is 0.810. The molecule has 2 aliphatic rings. The molecule has 1 N–H and O–H groups in total. The Kier molecular flexibility index (Phi) is 2.80. The predicted molar refractivity (Wildman–Crippen MR) is 58.2 cm³/mol. The Morgan fingerprint density at radius 1 is 1.35 bits per heavy atom. The van der Waals surface area contributed by atoms with E-state index in [2.05, 4.69) is 0 Å². The van der Waals surface area contributed by atoms with Crippen LogP contribution >= 0.6 is 0 Å². The van der Waals surface area contributed by atoms with Crippen molar-refractivity contribution in [2.24, 2.45) is 17.3 Å². The Morgan fingerprint density at radius 3 is 2.18 bits per heavy atom. The fourth-order valence-corrected chi connectivity index (χ4v) is 4.39. The molecule has 2 fully saturated rings. The van der Waals surface area contributed by atoms with Crippen molar-refractivity contribution in [2.45, 2.75) is 19.8 Å². The molecule has 1 heterocycles. The smallest absolute Gasteiger partial charge is 0.258 e. The van der Waals surface area contributed by atoms with Gasteiger partial charge < -0.3 is 5.11 Å². The lowest BCUT2D eigenvalue weighted by Crippen LogP contribution is -2.52. The highest BCUT2D eigenvalue weighted by Crippen LogP contribution is 2.65. The van der Waals surface area contributed by atoms with E-state index in [9.17, 15) is 17.2 Å². The Hall–Kier alpha value is -0.270. The van der Waals surface area contributed by atoms with Crippen molar-refractivity contribution in [3.8, 4) is 0 Å². The maximum absolute atomic E-state index is 13.3. The van der Waals surface area contributed by atoms with Gasteiger partial charge in [-0.05, 0) is 0 Å². The number of aliphatic hydroxyl groups is 1. The van der Waals surface area contributed by atoms with Gasteiger partial charge in [-0.25, -0.2) is 21.5 Å². The first-order chi connectivity index (χ1) is 7.63. The average Bonchev–Trinajstić information content (AvgIpc) is 2.45. The molecule has 7 heteroatoms. The summed E-state index contributed by atoms with van der Waals surface area (Å²) in [4.78, 5) is 0. The maximum atomic E-state index is 13.3. The van der Waals surface area contributed by atoms with Gasteiger partial charge >= 0.3 is 0 Å². The Balaban J connectivity index is 1.97. The first-order valence-electron chi connectivity index (χ1n) is 5.59. The Morgan fingerprint density at radius 2 is 1.82 bits per heavy atom. The van der Waals surface area contributed by atoms with Crippen LogP contribution in [0.4, 0.5) is 8.78 Å². The third-order valence-electron chi connectivity index (χ3n) is 4.04. The second-order valence-corrected chi connectivity index (χ2v) is 7.55. The number of halogens is 2. The van der Waals surface area contributed by atoms with Gasteiger partial charge in [-0.2, -0.15) is 0 Å². The van der Waals surface area contributed by atoms with E-state index in [1.54, 1.807) is 0 Å². The van der Waals surface area contributed by atoms with Crippen molar-refractivity contribution in [3.05, 3.63) is 0 Å². The number of hydrogen-bond donors (Lipinski definition) is 1. The lowest BCUT2D eigenvalue weighted by molar-refractivity contribution is 0.0680. The summed E-state index contributed by atoms with van der Waals surface area (Å²) in [5, 5.41) is 8.79. The van der Waals surface area contributed by atoms with Crippen LogP contribution in [-0.4, -0.2) is 49.2 Å². The minimum Gasteiger partial charge on any atom is -0.396 e. The summed E-state index contributed by atoms with van der Waals surface area (Å²) in [6, 6.07) is 0. The molecule has 1 saturated heterocycles. The molecule has 1 saturated carbocycles. The lowest BCUT2D eigenvalue weighted by Gasteiger charge is -2.37. The van der Waals surface area contributed by atoms with Crippen LogP contribution < -0.4 is 0 Å². The summed E-state index contributed by atoms with van der Waals surface area (Å²) in [7, 11) is -3.60. The number of aliphatic hydroxyl groups excluding tert-OH is 1. The molecule has 0 aromatic carbocycles. The van der Waals surface area contributed by atoms with Crippen LogP contribution in [0.1, 0.15) is 13.8 Å². The second-order valence-electron chi connectivity index (χ2n) is 5.54. The summed E-state index contributed by atoms with van der Waals surface area (Å²) in [6.45, 7) is 3.21. The van der Waals surface area contributed by atoms with Gasteiger partial charge in [0.1, 0.15) is 0 Å². The van der Waals surface area contributed by atoms with Gasteiger partial charge in [0, 0.05) is 36.9 Å². The second kappa shape index (κ2) is 3.61. The van der Waals surface area contributed by atoms with E-state index < -0.39 is 33.0 Å². The van der Waals surface area contributed by atoms with E-state index in [0.717, 1.165) is 0 Å². The van der Waals surface area contributed by atoms with Crippen LogP contribution in [-0.2, 0) is 10.0 Å². The third-order valence-corrected chi connectivity index (χ3v) is 5.88. The minimum atomic E-state index is -3.60. The predicted octanol–water partition coefficient (Wildman–Crippen LogP) is 0.532. The molecule has 0 amide bonds. The van der Waals surface area contributed by atoms with Crippen molar-refractivity contribution in [2.75, 3.05) is 25.4 Å². The van der Waals surface area contributed by atoms with Gasteiger partial charge in [0.05, 0.1) is 5.75 Å². The molecule has 0 bridgehead atoms. The summed E-state index contributed by atoms with van der Waals surface area (Å²) < 4.78 is 51.4. The van der Waals surface area contributed by atoms with Crippen LogP contribution in [0.3, 0.4) is 0 Å². The van der Waals surface area contributed by atoms with Gasteiger partial charge in [0.2, 0.25) is 10.0 Å². The van der Waals surface area contributed by atoms with Crippen molar-refractivity contribution < 1.29 is 22.3 Å². The van der Waals surface area contributed by atoms with Crippen molar-refractivity contribution in [3.63, 3.8) is 0 Å². The summed E-state index contributed by atoms with van der Waals surface area (Å²) in [6.07, 6.45) is 0. The molecule has 1 atom stereocenters. The van der Waals surface area contributed by atoms with E-state index in [-0.39, 0.29) is 25.6 Å². The Labute approximate surface area is 99.7 Å². The van der Waals surface area contributed by atoms with Gasteiger partial charge in [-0.3, -0.25) is 0 Å². The molecule has 0 spiro atoms. The molecule has 1 aliphatic heterocycles. The monoisotopic (exact) mass is 269 g/mol. The highest BCUT2D eigenvalue weighted by Gasteiger charge is 2.75. The van der Waals surface area contributed by atoms with E-state index in [1.807, 2.05) is 0 Å². The van der Waals surface area contributed by atoms with E-state index in [4.69, 9.17) is 5.11 Å². The van der Waals surface area contributed by atoms with Crippen LogP contribution in [0.2, 0.25) is 0 Å². The summed E-state index contributed by atoms with van der Waals surface area (Å²) >= 11 is 0. The summed E-state index contributed by atoms with van der Waals surface area (Å²) in [5.41, 5.74) is -1.22. The molecule has 0 aromatic heterocycles. The van der Waals surface area contributed by atoms with Crippen LogP contribution in [0.25, 0.3) is 0 Å². The normalized spacial score (nSPS) is 32.2. The van der Waals surface area contributed by atoms with E-state index in [0.29, 0.717) is 0 Å². The molecule has 17 heavy (non-hydrogen) atoms. The number of rotatable bonds is 4. The zero-order chi connectivity index (χ0) is 13.1. The first kappa shape index (κ1) is 13.2.